The third-order valence-corrected chi connectivity index (χ3v) is 20.7. The molecule has 14 nitrogen and oxygen atoms in total. The maximum atomic E-state index is 6.56. The molecule has 0 fully saturated rings. The van der Waals surface area contributed by atoms with Gasteiger partial charge in [0.15, 0.2) is 23.3 Å². The predicted octanol–water partition coefficient (Wildman–Crippen LogP) is 21.0. The molecule has 0 atom stereocenters. The maximum absolute atomic E-state index is 6.56. The Morgan fingerprint density at radius 1 is 0.188 bits per heavy atom. The molecule has 117 heavy (non-hydrogen) atoms. The summed E-state index contributed by atoms with van der Waals surface area (Å²) in [7, 11) is -0.860. The van der Waals surface area contributed by atoms with Gasteiger partial charge in [0, 0.05) is 86.4 Å². The Bertz CT molecular complexity index is 6340. The molecule has 0 amide bonds. The second-order valence-electron chi connectivity index (χ2n) is 28.1. The van der Waals surface area contributed by atoms with Crippen LogP contribution in [0.4, 0.5) is 34.1 Å². The van der Waals surface area contributed by atoms with E-state index in [0.29, 0.717) is 23.3 Å². The lowest BCUT2D eigenvalue weighted by Gasteiger charge is -2.23. The van der Waals surface area contributed by atoms with Crippen LogP contribution in [0.5, 0.6) is 17.2 Å². The van der Waals surface area contributed by atoms with E-state index in [-0.39, 0.29) is 21.2 Å². The molecule has 21 rings (SSSR count). The monoisotopic (exact) mass is 1510 g/mol. The molecule has 3 aliphatic rings. The molecule has 3 aliphatic heterocycles. The number of nitrogens with zero attached hydrogens (tertiary/aromatic N) is 11. The standard InChI is InChI=1S/C40H28BN3O.C34H24BN3O.C26H18BN5O/c1-4-12-29(13-5-1)30-20-24-34(25-21-30)41-44(38-18-10-11-19-39(38)45-41)35-26-22-32(23-27-35)37-28-36(31-14-6-2-7-15-31)42-40(43-37)33-16-8-3-9-17-33;1-4-12-25(13-5-1)30-24-31(26-14-6-2-7-15-26)37-34(36-30)27-20-22-29(23-21-27)38-32-18-10-11-19-33(32)39-35(38)28-16-8-3-9-17-28;1-2-12-24-23(11-1)32(22-10-4-8-20(18-22)26-30-15-6-16-31-26)27(33-24)21-9-3-7-19(17-21)25-28-13-5-14-29-25/h1-28H;1-24H;1-18H. The van der Waals surface area contributed by atoms with Gasteiger partial charge in [-0.05, 0) is 137 Å². The van der Waals surface area contributed by atoms with E-state index in [2.05, 4.69) is 241 Å². The fourth-order valence-electron chi connectivity index (χ4n) is 15.0. The molecule has 0 spiro atoms. The molecular formula is C100H70B3N11O3. The maximum Gasteiger partial charge on any atom is 0.524 e. The second-order valence-corrected chi connectivity index (χ2v) is 28.1. The molecule has 17 heteroatoms. The Morgan fingerprint density at radius 3 is 0.915 bits per heavy atom. The van der Waals surface area contributed by atoms with Gasteiger partial charge in [-0.15, -0.1) is 0 Å². The summed E-state index contributed by atoms with van der Waals surface area (Å²) in [6, 6.07) is 136. The van der Waals surface area contributed by atoms with Gasteiger partial charge in [0.25, 0.3) is 0 Å². The number of benzene rings is 14. The zero-order valence-corrected chi connectivity index (χ0v) is 63.3. The minimum Gasteiger partial charge on any atom is -0.536 e. The van der Waals surface area contributed by atoms with Crippen molar-refractivity contribution in [3.05, 3.63) is 425 Å². The molecule has 0 N–H and O–H groups in total. The van der Waals surface area contributed by atoms with Crippen LogP contribution in [0.2, 0.25) is 0 Å². The van der Waals surface area contributed by atoms with Gasteiger partial charge < -0.3 is 28.4 Å². The van der Waals surface area contributed by atoms with Crippen LogP contribution in [0, 0.1) is 0 Å². The van der Waals surface area contributed by atoms with Crippen molar-refractivity contribution in [2.75, 3.05) is 14.4 Å². The van der Waals surface area contributed by atoms with E-state index < -0.39 is 0 Å². The van der Waals surface area contributed by atoms with Crippen molar-refractivity contribution >= 4 is 71.7 Å². The number of anilines is 6. The molecule has 0 saturated carbocycles. The first kappa shape index (κ1) is 71.7. The Balaban J connectivity index is 0.000000118. The van der Waals surface area contributed by atoms with E-state index in [0.717, 1.165) is 135 Å². The summed E-state index contributed by atoms with van der Waals surface area (Å²) >= 11 is 0. The van der Waals surface area contributed by atoms with Crippen LogP contribution in [0.25, 0.3) is 102 Å². The number of para-hydroxylation sites is 6. The second kappa shape index (κ2) is 33.0. The minimum atomic E-state index is -0.335. The lowest BCUT2D eigenvalue weighted by Crippen LogP contribution is -2.47. The highest BCUT2D eigenvalue weighted by atomic mass is 16.5. The quantitative estimate of drug-likeness (QED) is 0.0899. The fraction of sp³-hybridized carbons (Fsp3) is 0. The van der Waals surface area contributed by atoms with E-state index in [4.69, 9.17) is 33.9 Å². The summed E-state index contributed by atoms with van der Waals surface area (Å²) in [4.78, 5) is 44.2. The van der Waals surface area contributed by atoms with Crippen LogP contribution < -0.4 is 44.8 Å². The van der Waals surface area contributed by atoms with Gasteiger partial charge in [-0.2, -0.15) is 0 Å². The van der Waals surface area contributed by atoms with Crippen LogP contribution in [-0.4, -0.2) is 61.0 Å². The SMILES string of the molecule is c1ccc(-c2ccc(B3Oc4ccccc4N3c3ccc(-c4cc(-c5ccccc5)nc(-c5ccccc5)n4)cc3)cc2)cc1.c1ccc(B2Oc3ccccc3N2c2ccc(-c3nc(-c4ccccc4)cc(-c4ccccc4)n3)cc2)cc1.c1cnc(-c2cccc(B3Oc4ccccc4N3c3cccc(-c4ncccn4)c3)c2)nc1. The molecule has 552 valence electrons. The Kier molecular flexibility index (Phi) is 20.2. The highest BCUT2D eigenvalue weighted by molar-refractivity contribution is 6.76. The molecular weight excluding hydrogens is 1440 g/mol. The van der Waals surface area contributed by atoms with E-state index in [1.807, 2.05) is 194 Å². The summed E-state index contributed by atoms with van der Waals surface area (Å²) in [5, 5.41) is 0. The number of aromatic nitrogens is 8. The first-order valence-electron chi connectivity index (χ1n) is 38.8. The molecule has 4 aromatic heterocycles. The van der Waals surface area contributed by atoms with Crippen molar-refractivity contribution in [1.29, 1.82) is 0 Å². The average Bonchev–Trinajstić information content (AvgIpc) is 1.61. The van der Waals surface area contributed by atoms with Gasteiger partial charge >= 0.3 is 21.2 Å². The zero-order valence-electron chi connectivity index (χ0n) is 63.3. The third-order valence-electron chi connectivity index (χ3n) is 20.7. The van der Waals surface area contributed by atoms with Crippen molar-refractivity contribution in [1.82, 2.24) is 39.9 Å². The van der Waals surface area contributed by atoms with E-state index in [9.17, 15) is 0 Å². The summed E-state index contributed by atoms with van der Waals surface area (Å²) in [5.74, 6) is 5.36. The van der Waals surface area contributed by atoms with E-state index in [1.54, 1.807) is 24.8 Å². The first-order valence-corrected chi connectivity index (χ1v) is 38.8. The first-order chi connectivity index (χ1) is 58.0. The van der Waals surface area contributed by atoms with Gasteiger partial charge in [-0.1, -0.05) is 291 Å². The summed E-state index contributed by atoms with van der Waals surface area (Å²) in [5.41, 5.74) is 23.4. The van der Waals surface area contributed by atoms with Gasteiger partial charge in [0.2, 0.25) is 0 Å². The molecule has 0 saturated heterocycles. The fourth-order valence-corrected chi connectivity index (χ4v) is 15.0. The topological polar surface area (TPSA) is 141 Å². The van der Waals surface area contributed by atoms with Crippen LogP contribution in [0.15, 0.2) is 425 Å². The van der Waals surface area contributed by atoms with Gasteiger partial charge in [-0.25, -0.2) is 39.9 Å². The molecule has 0 unspecified atom stereocenters. The third kappa shape index (κ3) is 15.4. The van der Waals surface area contributed by atoms with Gasteiger partial charge in [0.05, 0.1) is 39.8 Å². The largest absolute Gasteiger partial charge is 0.536 e. The average molecular weight is 1510 g/mol. The van der Waals surface area contributed by atoms with Crippen LogP contribution in [0.3, 0.4) is 0 Å². The molecule has 18 aromatic rings. The Hall–Kier alpha value is -15.6. The number of fused-ring (bicyclic) bond motifs is 3. The molecule has 0 aliphatic carbocycles. The van der Waals surface area contributed by atoms with Crippen LogP contribution in [-0.2, 0) is 0 Å². The Labute approximate surface area is 679 Å². The van der Waals surface area contributed by atoms with Crippen molar-refractivity contribution < 1.29 is 14.0 Å². The van der Waals surface area contributed by atoms with E-state index >= 15 is 0 Å². The number of hydrogen-bond donors (Lipinski definition) is 0. The highest BCUT2D eigenvalue weighted by Crippen LogP contribution is 2.45. The van der Waals surface area contributed by atoms with Crippen molar-refractivity contribution in [2.45, 2.75) is 0 Å². The summed E-state index contributed by atoms with van der Waals surface area (Å²) < 4.78 is 19.4. The predicted molar refractivity (Wildman–Crippen MR) is 474 cm³/mol. The number of rotatable bonds is 15. The smallest absolute Gasteiger partial charge is 0.524 e. The molecule has 0 bridgehead atoms. The normalized spacial score (nSPS) is 12.2. The van der Waals surface area contributed by atoms with Crippen molar-refractivity contribution in [3.63, 3.8) is 0 Å². The van der Waals surface area contributed by atoms with Crippen molar-refractivity contribution in [2.24, 2.45) is 0 Å². The van der Waals surface area contributed by atoms with Gasteiger partial charge in [-0.3, -0.25) is 0 Å². The summed E-state index contributed by atoms with van der Waals surface area (Å²) in [6.07, 6.45) is 7.01. The molecule has 14 aromatic carbocycles. The van der Waals surface area contributed by atoms with Gasteiger partial charge in [0.1, 0.15) is 17.2 Å². The lowest BCUT2D eigenvalue weighted by atomic mass is 9.71. The summed E-state index contributed by atoms with van der Waals surface area (Å²) in [6.45, 7) is 0. The van der Waals surface area contributed by atoms with E-state index in [1.165, 1.54) is 11.1 Å². The van der Waals surface area contributed by atoms with Crippen LogP contribution >= 0.6 is 0 Å². The molecule has 0 radical (unpaired) electrons. The van der Waals surface area contributed by atoms with Crippen LogP contribution in [0.1, 0.15) is 0 Å². The highest BCUT2D eigenvalue weighted by Gasteiger charge is 2.42. The zero-order chi connectivity index (χ0) is 78.1. The minimum absolute atomic E-state index is 0.239. The van der Waals surface area contributed by atoms with Crippen molar-refractivity contribution in [3.8, 4) is 119 Å². The number of hydrogen-bond acceptors (Lipinski definition) is 14. The Morgan fingerprint density at radius 2 is 0.479 bits per heavy atom. The molecule has 7 heterocycles. The lowest BCUT2D eigenvalue weighted by molar-refractivity contribution is 0.603.